The van der Waals surface area contributed by atoms with Crippen LogP contribution >= 0.6 is 0 Å². The molecule has 1 atom stereocenters. The van der Waals surface area contributed by atoms with Gasteiger partial charge in [-0.1, -0.05) is 19.1 Å². The van der Waals surface area contributed by atoms with Gasteiger partial charge in [0.05, 0.1) is 18.8 Å². The second-order valence-corrected chi connectivity index (χ2v) is 6.27. The fourth-order valence-corrected chi connectivity index (χ4v) is 2.81. The van der Waals surface area contributed by atoms with Crippen molar-refractivity contribution in [2.45, 2.75) is 45.8 Å². The van der Waals surface area contributed by atoms with Crippen molar-refractivity contribution in [2.75, 3.05) is 33.4 Å². The largest absolute Gasteiger partial charge is 0.384 e. The fourth-order valence-electron chi connectivity index (χ4n) is 2.81. The van der Waals surface area contributed by atoms with Gasteiger partial charge in [-0.05, 0) is 25.3 Å². The average molecular weight is 295 g/mol. The number of rotatable bonds is 8. The smallest absolute Gasteiger partial charge is 0.0964 e. The predicted molar refractivity (Wildman–Crippen MR) is 83.0 cm³/mol. The molecule has 1 aliphatic rings. The third-order valence-electron chi connectivity index (χ3n) is 3.93. The van der Waals surface area contributed by atoms with E-state index in [9.17, 15) is 0 Å². The van der Waals surface area contributed by atoms with Gasteiger partial charge >= 0.3 is 0 Å². The maximum atomic E-state index is 5.28. The first-order valence-corrected chi connectivity index (χ1v) is 8.01. The third-order valence-corrected chi connectivity index (χ3v) is 3.93. The number of methoxy groups -OCH3 is 1. The van der Waals surface area contributed by atoms with Gasteiger partial charge in [0, 0.05) is 39.0 Å². The van der Waals surface area contributed by atoms with Crippen LogP contribution in [0.25, 0.3) is 0 Å². The summed E-state index contributed by atoms with van der Waals surface area (Å²) in [5, 5.41) is 11.8. The lowest BCUT2D eigenvalue weighted by Gasteiger charge is -2.32. The molecule has 0 radical (unpaired) electrons. The Morgan fingerprint density at radius 1 is 1.43 bits per heavy atom. The van der Waals surface area contributed by atoms with Gasteiger partial charge in [-0.15, -0.1) is 5.10 Å². The molecule has 0 bridgehead atoms. The Kier molecular flexibility index (Phi) is 6.60. The molecule has 6 heteroatoms. The number of aromatic nitrogens is 3. The number of hydrogen-bond donors (Lipinski definition) is 1. The van der Waals surface area contributed by atoms with E-state index in [4.69, 9.17) is 4.74 Å². The van der Waals surface area contributed by atoms with Gasteiger partial charge < -0.3 is 15.0 Å². The number of likely N-dealkylation sites (tertiary alicyclic amines) is 1. The van der Waals surface area contributed by atoms with Crippen LogP contribution in [0.5, 0.6) is 0 Å². The lowest BCUT2D eigenvalue weighted by molar-refractivity contribution is 0.0884. The Hall–Kier alpha value is -0.980. The molecule has 1 saturated heterocycles. The van der Waals surface area contributed by atoms with Crippen molar-refractivity contribution in [1.82, 2.24) is 25.2 Å². The highest BCUT2D eigenvalue weighted by molar-refractivity contribution is 4.91. The summed E-state index contributed by atoms with van der Waals surface area (Å²) in [6.07, 6.45) is 4.61. The first-order valence-electron chi connectivity index (χ1n) is 8.01. The quantitative estimate of drug-likeness (QED) is 0.779. The molecule has 0 aliphatic carbocycles. The first kappa shape index (κ1) is 16.4. The summed E-state index contributed by atoms with van der Waals surface area (Å²) in [6.45, 7) is 10.2. The monoisotopic (exact) mass is 295 g/mol. The van der Waals surface area contributed by atoms with Gasteiger partial charge in [-0.3, -0.25) is 4.68 Å². The van der Waals surface area contributed by atoms with Crippen LogP contribution in [-0.2, 0) is 17.8 Å². The topological polar surface area (TPSA) is 55.2 Å². The fraction of sp³-hybridized carbons (Fsp3) is 0.867. The number of nitrogens with zero attached hydrogens (tertiary/aromatic N) is 4. The first-order chi connectivity index (χ1) is 10.2. The molecule has 21 heavy (non-hydrogen) atoms. The van der Waals surface area contributed by atoms with Crippen molar-refractivity contribution < 1.29 is 4.74 Å². The molecular formula is C15H29N5O. The van der Waals surface area contributed by atoms with Crippen LogP contribution in [-0.4, -0.2) is 59.3 Å². The average Bonchev–Trinajstić information content (AvgIpc) is 2.92. The van der Waals surface area contributed by atoms with Crippen LogP contribution in [0.1, 0.15) is 32.4 Å². The molecule has 0 spiro atoms. The van der Waals surface area contributed by atoms with Crippen molar-refractivity contribution in [3.8, 4) is 0 Å². The minimum absolute atomic E-state index is 0.473. The van der Waals surface area contributed by atoms with Crippen molar-refractivity contribution >= 4 is 0 Å². The summed E-state index contributed by atoms with van der Waals surface area (Å²) in [5.41, 5.74) is 1.01. The lowest BCUT2D eigenvalue weighted by atomic mass is 9.99. The molecule has 2 heterocycles. The van der Waals surface area contributed by atoms with Gasteiger partial charge in [-0.2, -0.15) is 0 Å². The van der Waals surface area contributed by atoms with E-state index in [1.54, 1.807) is 7.11 Å². The van der Waals surface area contributed by atoms with Crippen LogP contribution in [0.15, 0.2) is 6.20 Å². The van der Waals surface area contributed by atoms with Crippen molar-refractivity contribution in [2.24, 2.45) is 5.92 Å². The van der Waals surface area contributed by atoms with Gasteiger partial charge in [0.25, 0.3) is 0 Å². The lowest BCUT2D eigenvalue weighted by Crippen LogP contribution is -2.38. The van der Waals surface area contributed by atoms with Crippen LogP contribution < -0.4 is 5.32 Å². The number of piperidine rings is 1. The van der Waals surface area contributed by atoms with Gasteiger partial charge in [0.1, 0.15) is 0 Å². The summed E-state index contributed by atoms with van der Waals surface area (Å²) >= 11 is 0. The Morgan fingerprint density at radius 2 is 2.29 bits per heavy atom. The van der Waals surface area contributed by atoms with Gasteiger partial charge in [-0.25, -0.2) is 0 Å². The van der Waals surface area contributed by atoms with E-state index < -0.39 is 0 Å². The summed E-state index contributed by atoms with van der Waals surface area (Å²) in [4.78, 5) is 2.51. The minimum atomic E-state index is 0.473. The van der Waals surface area contributed by atoms with Crippen molar-refractivity contribution in [1.29, 1.82) is 0 Å². The Bertz CT molecular complexity index is 405. The standard InChI is InChI=1S/C15H29N5O/c1-13(2)16-9-15-11-20(18-17-15)8-7-19-6-4-5-14(10-19)12-21-3/h11,13-14,16H,4-10,12H2,1-3H3. The molecule has 120 valence electrons. The zero-order valence-electron chi connectivity index (χ0n) is 13.6. The molecule has 1 aliphatic heterocycles. The number of hydrogen-bond acceptors (Lipinski definition) is 5. The van der Waals surface area contributed by atoms with E-state index in [-0.39, 0.29) is 0 Å². The molecular weight excluding hydrogens is 266 g/mol. The highest BCUT2D eigenvalue weighted by Crippen LogP contribution is 2.16. The zero-order chi connectivity index (χ0) is 15.1. The van der Waals surface area contributed by atoms with E-state index in [1.807, 2.05) is 10.9 Å². The summed E-state index contributed by atoms with van der Waals surface area (Å²) in [6, 6.07) is 0.473. The number of nitrogens with one attached hydrogen (secondary N) is 1. The maximum Gasteiger partial charge on any atom is 0.0964 e. The molecule has 1 fully saturated rings. The predicted octanol–water partition coefficient (Wildman–Crippen LogP) is 1.13. The van der Waals surface area contributed by atoms with E-state index in [0.717, 1.165) is 38.5 Å². The van der Waals surface area contributed by atoms with Crippen LogP contribution in [0, 0.1) is 5.92 Å². The second kappa shape index (κ2) is 8.46. The number of ether oxygens (including phenoxy) is 1. The second-order valence-electron chi connectivity index (χ2n) is 6.27. The maximum absolute atomic E-state index is 5.28. The normalized spacial score (nSPS) is 20.3. The SMILES string of the molecule is COCC1CCCN(CCn2cc(CNC(C)C)nn2)C1. The summed E-state index contributed by atoms with van der Waals surface area (Å²) in [7, 11) is 1.79. The summed E-state index contributed by atoms with van der Waals surface area (Å²) in [5.74, 6) is 0.685. The molecule has 1 aromatic heterocycles. The zero-order valence-corrected chi connectivity index (χ0v) is 13.6. The Balaban J connectivity index is 1.72. The van der Waals surface area contributed by atoms with Crippen molar-refractivity contribution in [3.63, 3.8) is 0 Å². The molecule has 0 aromatic carbocycles. The molecule has 2 rings (SSSR count). The van der Waals surface area contributed by atoms with Gasteiger partial charge in [0.15, 0.2) is 0 Å². The molecule has 1 N–H and O–H groups in total. The van der Waals surface area contributed by atoms with Crippen LogP contribution in [0.3, 0.4) is 0 Å². The highest BCUT2D eigenvalue weighted by atomic mass is 16.5. The molecule has 6 nitrogen and oxygen atoms in total. The van der Waals surface area contributed by atoms with E-state index in [0.29, 0.717) is 12.0 Å². The van der Waals surface area contributed by atoms with E-state index in [2.05, 4.69) is 34.4 Å². The molecule has 0 amide bonds. The highest BCUT2D eigenvalue weighted by Gasteiger charge is 2.19. The Morgan fingerprint density at radius 3 is 3.05 bits per heavy atom. The van der Waals surface area contributed by atoms with E-state index >= 15 is 0 Å². The van der Waals surface area contributed by atoms with Gasteiger partial charge in [0.2, 0.25) is 0 Å². The Labute approximate surface area is 127 Å². The molecule has 1 unspecified atom stereocenters. The third kappa shape index (κ3) is 5.73. The minimum Gasteiger partial charge on any atom is -0.384 e. The van der Waals surface area contributed by atoms with E-state index in [1.165, 1.54) is 19.4 Å². The van der Waals surface area contributed by atoms with Crippen molar-refractivity contribution in [3.05, 3.63) is 11.9 Å². The van der Waals surface area contributed by atoms with Crippen LogP contribution in [0.4, 0.5) is 0 Å². The van der Waals surface area contributed by atoms with Crippen LogP contribution in [0.2, 0.25) is 0 Å². The molecule has 0 saturated carbocycles. The summed E-state index contributed by atoms with van der Waals surface area (Å²) < 4.78 is 7.24. The molecule has 1 aromatic rings.